The Labute approximate surface area is 173 Å². The van der Waals surface area contributed by atoms with Crippen molar-refractivity contribution in [1.82, 2.24) is 10.6 Å². The fourth-order valence-corrected chi connectivity index (χ4v) is 7.32. The van der Waals surface area contributed by atoms with Crippen LogP contribution < -0.4 is 10.6 Å². The fourth-order valence-electron chi connectivity index (χ4n) is 7.32. The predicted molar refractivity (Wildman–Crippen MR) is 112 cm³/mol. The van der Waals surface area contributed by atoms with E-state index in [4.69, 9.17) is 0 Å². The maximum Gasteiger partial charge on any atom is 0.280 e. The number of hydrogen-bond donors (Lipinski definition) is 2. The number of piperidine rings is 1. The molecule has 4 saturated carbocycles. The first-order chi connectivity index (χ1) is 13.6. The molecule has 0 aromatic carbocycles. The third-order valence-electron chi connectivity index (χ3n) is 7.90. The quantitative estimate of drug-likeness (QED) is 0.649. The van der Waals surface area contributed by atoms with Crippen LogP contribution in [0, 0.1) is 22.2 Å². The second kappa shape index (κ2) is 7.04. The van der Waals surface area contributed by atoms with Gasteiger partial charge in [-0.25, -0.2) is 8.78 Å². The Morgan fingerprint density at radius 2 is 1.86 bits per heavy atom. The number of rotatable bonds is 5. The summed E-state index contributed by atoms with van der Waals surface area (Å²) in [7, 11) is 0. The molecule has 3 nitrogen and oxygen atoms in total. The summed E-state index contributed by atoms with van der Waals surface area (Å²) < 4.78 is 28.7. The molecule has 1 saturated heterocycles. The van der Waals surface area contributed by atoms with E-state index in [2.05, 4.69) is 30.2 Å². The first kappa shape index (κ1) is 20.8. The lowest BCUT2D eigenvalue weighted by molar-refractivity contribution is -0.169. The molecule has 1 heterocycles. The van der Waals surface area contributed by atoms with E-state index in [-0.39, 0.29) is 29.7 Å². The van der Waals surface area contributed by atoms with E-state index >= 15 is 0 Å². The Morgan fingerprint density at radius 3 is 2.55 bits per heavy atom. The highest BCUT2D eigenvalue weighted by molar-refractivity contribution is 5.84. The van der Waals surface area contributed by atoms with Crippen LogP contribution in [0.25, 0.3) is 0 Å². The third kappa shape index (κ3) is 3.60. The van der Waals surface area contributed by atoms with Crippen LogP contribution >= 0.6 is 0 Å². The highest BCUT2D eigenvalue weighted by Gasteiger charge is 2.65. The number of hydrogen-bond acceptors (Lipinski definition) is 2. The monoisotopic (exact) mass is 404 g/mol. The summed E-state index contributed by atoms with van der Waals surface area (Å²) in [5, 5.41) is 5.54. The van der Waals surface area contributed by atoms with Gasteiger partial charge in [0.05, 0.1) is 18.0 Å². The van der Waals surface area contributed by atoms with Crippen molar-refractivity contribution >= 4 is 5.91 Å². The summed E-state index contributed by atoms with van der Waals surface area (Å²) in [6, 6.07) is -1.06. The minimum Gasteiger partial charge on any atom is -0.347 e. The van der Waals surface area contributed by atoms with Gasteiger partial charge in [0, 0.05) is 0 Å². The molecule has 160 valence electrons. The molecular formula is C24H34F2N2O. The van der Waals surface area contributed by atoms with Crippen molar-refractivity contribution in [2.75, 3.05) is 13.1 Å². The summed E-state index contributed by atoms with van der Waals surface area (Å²) >= 11 is 0. The maximum atomic E-state index is 14.3. The molecule has 0 aromatic heterocycles. The summed E-state index contributed by atoms with van der Waals surface area (Å²) in [5.74, 6) is -2.56. The maximum absolute atomic E-state index is 14.3. The normalized spacial score (nSPS) is 43.2. The van der Waals surface area contributed by atoms with Crippen LogP contribution in [-0.4, -0.2) is 31.0 Å². The first-order valence-corrected chi connectivity index (χ1v) is 11.0. The van der Waals surface area contributed by atoms with E-state index in [1.165, 1.54) is 0 Å². The average molecular weight is 405 g/mol. The number of nitrogens with one attached hydrogen (secondary N) is 2. The highest BCUT2D eigenvalue weighted by Crippen LogP contribution is 2.71. The van der Waals surface area contributed by atoms with Gasteiger partial charge >= 0.3 is 0 Å². The van der Waals surface area contributed by atoms with Crippen LogP contribution in [0.4, 0.5) is 8.78 Å². The SMILES string of the molecule is C=C(/C=C\C=C/C)[C@]12CC3CC(C(=O)NC4CCNCC4(F)F)(C[C@](C)(C3)C1)C2. The minimum atomic E-state index is -2.89. The van der Waals surface area contributed by atoms with Crippen LogP contribution in [0.15, 0.2) is 36.5 Å². The van der Waals surface area contributed by atoms with Crippen LogP contribution in [0.3, 0.4) is 0 Å². The number of alkyl halides is 2. The van der Waals surface area contributed by atoms with E-state index in [9.17, 15) is 13.6 Å². The molecule has 1 amide bonds. The standard InChI is InChI=1S/C24H34F2N2O/c1-4-5-6-7-17(2)22-11-18-10-21(3,13-22)14-23(12-18,15-22)20(29)28-19-8-9-27-16-24(19,25)26/h4-7,18-19,27H,2,8-16H2,1,3H3,(H,28,29)/b5-4-,7-6-/t18?,19?,21-,22-,23?/m1/s1. The first-order valence-electron chi connectivity index (χ1n) is 11.0. The molecule has 3 unspecified atom stereocenters. The van der Waals surface area contributed by atoms with Crippen LogP contribution in [0.2, 0.25) is 0 Å². The zero-order valence-corrected chi connectivity index (χ0v) is 17.7. The second-order valence-corrected chi connectivity index (χ2v) is 10.5. The zero-order valence-electron chi connectivity index (χ0n) is 17.7. The van der Waals surface area contributed by atoms with Gasteiger partial charge in [0.15, 0.2) is 0 Å². The summed E-state index contributed by atoms with van der Waals surface area (Å²) in [6.07, 6.45) is 14.0. The molecule has 0 aromatic rings. The molecular weight excluding hydrogens is 370 g/mol. The summed E-state index contributed by atoms with van der Waals surface area (Å²) in [6.45, 7) is 8.82. The number of allylic oxidation sites excluding steroid dienone is 5. The average Bonchev–Trinajstić information content (AvgIpc) is 2.61. The third-order valence-corrected chi connectivity index (χ3v) is 7.90. The van der Waals surface area contributed by atoms with Gasteiger partial charge in [-0.05, 0) is 80.7 Å². The molecule has 29 heavy (non-hydrogen) atoms. The van der Waals surface area contributed by atoms with Gasteiger partial charge in [0.25, 0.3) is 5.92 Å². The Morgan fingerprint density at radius 1 is 1.14 bits per heavy atom. The molecule has 4 bridgehead atoms. The zero-order chi connectivity index (χ0) is 20.9. The number of carbonyl (C=O) groups excluding carboxylic acids is 1. The van der Waals surface area contributed by atoms with Crippen molar-refractivity contribution in [1.29, 1.82) is 0 Å². The van der Waals surface area contributed by atoms with Crippen LogP contribution in [0.5, 0.6) is 0 Å². The van der Waals surface area contributed by atoms with E-state index in [0.717, 1.165) is 44.1 Å². The van der Waals surface area contributed by atoms with Crippen LogP contribution in [0.1, 0.15) is 58.8 Å². The van der Waals surface area contributed by atoms with E-state index in [1.54, 1.807) is 0 Å². The summed E-state index contributed by atoms with van der Waals surface area (Å²) in [5.41, 5.74) is 0.563. The van der Waals surface area contributed by atoms with Crippen LogP contribution in [-0.2, 0) is 4.79 Å². The van der Waals surface area contributed by atoms with Gasteiger partial charge in [0.1, 0.15) is 0 Å². The Bertz CT molecular complexity index is 760. The molecule has 5 atom stereocenters. The lowest BCUT2D eigenvalue weighted by atomic mass is 9.38. The number of halogens is 2. The molecule has 4 aliphatic carbocycles. The molecule has 1 aliphatic heterocycles. The van der Waals surface area contributed by atoms with Gasteiger partial charge in [-0.1, -0.05) is 37.8 Å². The summed E-state index contributed by atoms with van der Waals surface area (Å²) in [4.78, 5) is 13.5. The van der Waals surface area contributed by atoms with Crippen molar-refractivity contribution in [2.45, 2.75) is 70.8 Å². The lowest BCUT2D eigenvalue weighted by Gasteiger charge is -2.65. The number of carbonyl (C=O) groups is 1. The molecule has 5 heteroatoms. The number of amides is 1. The van der Waals surface area contributed by atoms with E-state index in [0.29, 0.717) is 12.5 Å². The van der Waals surface area contributed by atoms with Gasteiger partial charge in [-0.15, -0.1) is 0 Å². The van der Waals surface area contributed by atoms with E-state index in [1.807, 2.05) is 25.2 Å². The largest absolute Gasteiger partial charge is 0.347 e. The molecule has 0 spiro atoms. The Hall–Kier alpha value is -1.49. The highest BCUT2D eigenvalue weighted by atomic mass is 19.3. The topological polar surface area (TPSA) is 41.1 Å². The second-order valence-electron chi connectivity index (χ2n) is 10.5. The molecule has 2 N–H and O–H groups in total. The smallest absolute Gasteiger partial charge is 0.280 e. The lowest BCUT2D eigenvalue weighted by Crippen LogP contribution is -2.64. The van der Waals surface area contributed by atoms with Gasteiger partial charge in [0.2, 0.25) is 5.91 Å². The Balaban J connectivity index is 1.60. The molecule has 5 fully saturated rings. The van der Waals surface area contributed by atoms with Crippen molar-refractivity contribution < 1.29 is 13.6 Å². The van der Waals surface area contributed by atoms with Crippen molar-refractivity contribution in [3.63, 3.8) is 0 Å². The predicted octanol–water partition coefficient (Wildman–Crippen LogP) is 4.77. The molecule has 5 aliphatic rings. The van der Waals surface area contributed by atoms with Gasteiger partial charge in [-0.3, -0.25) is 4.79 Å². The van der Waals surface area contributed by atoms with Crippen molar-refractivity contribution in [2.24, 2.45) is 22.2 Å². The van der Waals surface area contributed by atoms with Gasteiger partial charge in [-0.2, -0.15) is 0 Å². The van der Waals surface area contributed by atoms with Crippen molar-refractivity contribution in [3.05, 3.63) is 36.5 Å². The molecule has 5 rings (SSSR count). The van der Waals surface area contributed by atoms with E-state index < -0.39 is 17.4 Å². The van der Waals surface area contributed by atoms with Crippen molar-refractivity contribution in [3.8, 4) is 0 Å². The Kier molecular flexibility index (Phi) is 5.04. The minimum absolute atomic E-state index is 0.0831. The fraction of sp³-hybridized carbons (Fsp3) is 0.708. The van der Waals surface area contributed by atoms with Gasteiger partial charge < -0.3 is 10.6 Å². The molecule has 0 radical (unpaired) electrons.